The third kappa shape index (κ3) is 7.38. The Hall–Kier alpha value is -2.27. The summed E-state index contributed by atoms with van der Waals surface area (Å²) in [6.07, 6.45) is 7.22. The van der Waals surface area contributed by atoms with Crippen LogP contribution >= 0.6 is 11.3 Å². The number of thiazole rings is 1. The number of rotatable bonds is 12. The van der Waals surface area contributed by atoms with Gasteiger partial charge in [-0.25, -0.2) is 4.98 Å². The molecule has 1 N–H and O–H groups in total. The van der Waals surface area contributed by atoms with Crippen LogP contribution in [0, 0.1) is 30.1 Å². The first-order valence-corrected chi connectivity index (χ1v) is 14.4. The zero-order chi connectivity index (χ0) is 25.5. The number of benzene rings is 1. The summed E-state index contributed by atoms with van der Waals surface area (Å²) >= 11 is 1.60. The lowest BCUT2D eigenvalue weighted by molar-refractivity contribution is 0.173. The maximum Gasteiger partial charge on any atom is 0.151 e. The van der Waals surface area contributed by atoms with Crippen LogP contribution in [0.5, 0.6) is 5.75 Å². The summed E-state index contributed by atoms with van der Waals surface area (Å²) in [7, 11) is 2.00. The normalized spacial score (nSPS) is 17.5. The predicted octanol–water partition coefficient (Wildman–Crippen LogP) is 5.72. The molecule has 0 radical (unpaired) electrons. The quantitative estimate of drug-likeness (QED) is 0.372. The summed E-state index contributed by atoms with van der Waals surface area (Å²) in [5.74, 6) is 2.49. The predicted molar refractivity (Wildman–Crippen MR) is 148 cm³/mol. The molecule has 0 unspecified atom stereocenters. The fourth-order valence-electron chi connectivity index (χ4n) is 5.05. The van der Waals surface area contributed by atoms with Gasteiger partial charge in [-0.2, -0.15) is 5.26 Å². The molecule has 0 atom stereocenters. The smallest absolute Gasteiger partial charge is 0.151 e. The number of nitriles is 1. The fraction of sp³-hybridized carbons (Fsp3) is 0.621. The lowest BCUT2D eigenvalue weighted by atomic mass is 9.88. The average Bonchev–Trinajstić information content (AvgIpc) is 3.59. The molecule has 0 amide bonds. The van der Waals surface area contributed by atoms with E-state index in [1.54, 1.807) is 11.3 Å². The Balaban J connectivity index is 1.38. The molecule has 4 rings (SSSR count). The van der Waals surface area contributed by atoms with E-state index in [1.807, 2.05) is 12.4 Å². The number of hydrogen-bond donors (Lipinski definition) is 1. The molecule has 7 heteroatoms. The van der Waals surface area contributed by atoms with Crippen LogP contribution in [0.25, 0.3) is 0 Å². The van der Waals surface area contributed by atoms with E-state index in [4.69, 9.17) is 15.0 Å². The van der Waals surface area contributed by atoms with Gasteiger partial charge in [0, 0.05) is 29.2 Å². The zero-order valence-electron chi connectivity index (χ0n) is 22.3. The van der Waals surface area contributed by atoms with E-state index in [9.17, 15) is 0 Å². The fourth-order valence-corrected chi connectivity index (χ4v) is 5.81. The van der Waals surface area contributed by atoms with E-state index >= 15 is 0 Å². The standard InChI is InChI=1S/C29H41N5OS/c1-20(2)32-27(25-8-10-28(35-18-23-5-6-23)26(16-31-4)21(25)3)9-7-22-11-13-34(14-12-22)17-29-33-24(15-30)19-36-29/h8,10,19-20,22-23,31H,5-7,9,11-14,16-18H2,1-4H3. The first-order chi connectivity index (χ1) is 17.5. The second kappa shape index (κ2) is 12.8. The van der Waals surface area contributed by atoms with Gasteiger partial charge >= 0.3 is 0 Å². The molecule has 0 bridgehead atoms. The summed E-state index contributed by atoms with van der Waals surface area (Å²) in [5.41, 5.74) is 5.62. The highest BCUT2D eigenvalue weighted by Gasteiger charge is 2.24. The van der Waals surface area contributed by atoms with E-state index in [0.29, 0.717) is 5.69 Å². The molecule has 1 aromatic carbocycles. The molecule has 2 aromatic rings. The first-order valence-electron chi connectivity index (χ1n) is 13.5. The summed E-state index contributed by atoms with van der Waals surface area (Å²) in [5, 5.41) is 15.3. The third-order valence-electron chi connectivity index (χ3n) is 7.33. The van der Waals surface area contributed by atoms with Crippen molar-refractivity contribution in [3.05, 3.63) is 44.9 Å². The van der Waals surface area contributed by atoms with Crippen molar-refractivity contribution < 1.29 is 4.74 Å². The summed E-state index contributed by atoms with van der Waals surface area (Å²) < 4.78 is 6.22. The number of hydrogen-bond acceptors (Lipinski definition) is 7. The van der Waals surface area contributed by atoms with E-state index in [2.05, 4.69) is 54.2 Å². The van der Waals surface area contributed by atoms with Crippen LogP contribution in [0.4, 0.5) is 0 Å². The number of ether oxygens (including phenoxy) is 1. The molecule has 2 heterocycles. The van der Waals surface area contributed by atoms with Gasteiger partial charge in [-0.15, -0.1) is 11.3 Å². The molecule has 1 aromatic heterocycles. The van der Waals surface area contributed by atoms with Gasteiger partial charge in [-0.3, -0.25) is 9.89 Å². The molecule has 194 valence electrons. The van der Waals surface area contributed by atoms with Gasteiger partial charge in [-0.05, 0) is 115 Å². The molecule has 2 fully saturated rings. The maximum absolute atomic E-state index is 9.01. The van der Waals surface area contributed by atoms with Gasteiger partial charge in [-0.1, -0.05) is 0 Å². The molecule has 1 aliphatic carbocycles. The van der Waals surface area contributed by atoms with Crippen LogP contribution in [0.3, 0.4) is 0 Å². The van der Waals surface area contributed by atoms with Crippen molar-refractivity contribution in [1.82, 2.24) is 15.2 Å². The SMILES string of the molecule is CNCc1c(OCC2CC2)ccc(C(CCC2CCN(Cc3nc(C#N)cs3)CC2)=NC(C)C)c1C. The molecule has 6 nitrogen and oxygen atoms in total. The van der Waals surface area contributed by atoms with Crippen LogP contribution in [0.1, 0.15) is 79.8 Å². The number of aliphatic imine (C=N–C) groups is 1. The van der Waals surface area contributed by atoms with Gasteiger partial charge in [0.1, 0.15) is 16.8 Å². The first kappa shape index (κ1) is 26.8. The lowest BCUT2D eigenvalue weighted by Crippen LogP contribution is -2.33. The number of likely N-dealkylation sites (tertiary alicyclic amines) is 1. The third-order valence-corrected chi connectivity index (χ3v) is 8.16. The highest BCUT2D eigenvalue weighted by atomic mass is 32.1. The highest BCUT2D eigenvalue weighted by Crippen LogP contribution is 2.33. The molecule has 2 aliphatic rings. The van der Waals surface area contributed by atoms with Gasteiger partial charge in [0.05, 0.1) is 13.2 Å². The Morgan fingerprint density at radius 1 is 1.25 bits per heavy atom. The number of aromatic nitrogens is 1. The van der Waals surface area contributed by atoms with Crippen molar-refractivity contribution in [2.24, 2.45) is 16.8 Å². The zero-order valence-corrected chi connectivity index (χ0v) is 23.2. The minimum absolute atomic E-state index is 0.274. The van der Waals surface area contributed by atoms with Gasteiger partial charge in [0.25, 0.3) is 0 Å². The van der Waals surface area contributed by atoms with Crippen molar-refractivity contribution in [2.45, 2.75) is 78.4 Å². The Morgan fingerprint density at radius 2 is 2.03 bits per heavy atom. The van der Waals surface area contributed by atoms with E-state index in [1.165, 1.54) is 54.5 Å². The van der Waals surface area contributed by atoms with Crippen molar-refractivity contribution in [3.63, 3.8) is 0 Å². The lowest BCUT2D eigenvalue weighted by Gasteiger charge is -2.31. The van der Waals surface area contributed by atoms with E-state index < -0.39 is 0 Å². The van der Waals surface area contributed by atoms with Crippen molar-refractivity contribution in [2.75, 3.05) is 26.7 Å². The molecule has 1 aliphatic heterocycles. The van der Waals surface area contributed by atoms with E-state index in [0.717, 1.165) is 61.8 Å². The number of nitrogens with one attached hydrogen (secondary N) is 1. The molecule has 0 spiro atoms. The van der Waals surface area contributed by atoms with Crippen molar-refractivity contribution in [1.29, 1.82) is 5.26 Å². The Morgan fingerprint density at radius 3 is 2.67 bits per heavy atom. The van der Waals surface area contributed by atoms with Crippen LogP contribution in [-0.4, -0.2) is 48.4 Å². The van der Waals surface area contributed by atoms with Gasteiger partial charge in [0.15, 0.2) is 5.69 Å². The Bertz CT molecular complexity index is 1070. The monoisotopic (exact) mass is 507 g/mol. The highest BCUT2D eigenvalue weighted by molar-refractivity contribution is 7.09. The molecule has 1 saturated carbocycles. The maximum atomic E-state index is 9.01. The Kier molecular flexibility index (Phi) is 9.53. The molecule has 36 heavy (non-hydrogen) atoms. The largest absolute Gasteiger partial charge is 0.493 e. The Labute approximate surface area is 220 Å². The minimum atomic E-state index is 0.274. The average molecular weight is 508 g/mol. The minimum Gasteiger partial charge on any atom is -0.493 e. The summed E-state index contributed by atoms with van der Waals surface area (Å²) in [6.45, 7) is 11.3. The van der Waals surface area contributed by atoms with Gasteiger partial charge in [0.2, 0.25) is 0 Å². The summed E-state index contributed by atoms with van der Waals surface area (Å²) in [6, 6.07) is 6.82. The molecule has 1 saturated heterocycles. The van der Waals surface area contributed by atoms with Crippen molar-refractivity contribution >= 4 is 17.0 Å². The number of nitrogens with zero attached hydrogens (tertiary/aromatic N) is 4. The molecular weight excluding hydrogens is 466 g/mol. The van der Waals surface area contributed by atoms with Crippen LogP contribution in [0.15, 0.2) is 22.5 Å². The molecular formula is C29H41N5OS. The summed E-state index contributed by atoms with van der Waals surface area (Å²) in [4.78, 5) is 12.0. The topological polar surface area (TPSA) is 73.5 Å². The van der Waals surface area contributed by atoms with Crippen LogP contribution < -0.4 is 10.1 Å². The van der Waals surface area contributed by atoms with Crippen molar-refractivity contribution in [3.8, 4) is 11.8 Å². The van der Waals surface area contributed by atoms with Crippen LogP contribution in [-0.2, 0) is 13.1 Å². The second-order valence-corrected chi connectivity index (χ2v) is 11.6. The second-order valence-electron chi connectivity index (χ2n) is 10.7. The number of piperidine rings is 1. The van der Waals surface area contributed by atoms with E-state index in [-0.39, 0.29) is 6.04 Å². The van der Waals surface area contributed by atoms with Crippen LogP contribution in [0.2, 0.25) is 0 Å². The van der Waals surface area contributed by atoms with Gasteiger partial charge < -0.3 is 10.1 Å².